The summed E-state index contributed by atoms with van der Waals surface area (Å²) in [6, 6.07) is 0. The normalized spacial score (nSPS) is 17.6. The molecule has 2 atom stereocenters. The van der Waals surface area contributed by atoms with Crippen LogP contribution in [0.15, 0.2) is 5.16 Å². The number of rotatable bonds is 19. The number of hydrogen-bond acceptors (Lipinski definition) is 10. The minimum Gasteiger partial charge on any atom is -0.481 e. The molecule has 0 aromatic carbocycles. The van der Waals surface area contributed by atoms with Crippen molar-refractivity contribution >= 4 is 39.6 Å². The molecule has 3 N–H and O–H groups in total. The van der Waals surface area contributed by atoms with Crippen LogP contribution in [-0.4, -0.2) is 65.9 Å². The van der Waals surface area contributed by atoms with Gasteiger partial charge in [-0.2, -0.15) is 0 Å². The number of hydrogen-bond donors (Lipinski definition) is 2. The summed E-state index contributed by atoms with van der Waals surface area (Å²) >= 11 is 0. The minimum absolute atomic E-state index is 0.0143. The van der Waals surface area contributed by atoms with E-state index in [0.717, 1.165) is 31.6 Å². The number of carbonyl (C=O) groups excluding carboxylic acids is 3. The van der Waals surface area contributed by atoms with Crippen molar-refractivity contribution < 1.29 is 47.0 Å². The minimum atomic E-state index is -3.39. The average Bonchev–Trinajstić information content (AvgIpc) is 3.02. The zero-order valence-corrected chi connectivity index (χ0v) is 34.0. The van der Waals surface area contributed by atoms with Crippen molar-refractivity contribution in [3.8, 4) is 0 Å². The van der Waals surface area contributed by atoms with E-state index in [1.807, 2.05) is 0 Å². The molecule has 12 nitrogen and oxygen atoms in total. The first-order chi connectivity index (χ1) is 24.2. The van der Waals surface area contributed by atoms with Gasteiger partial charge in [-0.25, -0.2) is 13.2 Å². The van der Waals surface area contributed by atoms with Crippen molar-refractivity contribution in [2.75, 3.05) is 11.5 Å². The van der Waals surface area contributed by atoms with E-state index in [9.17, 15) is 32.7 Å². The molecule has 0 spiro atoms. The predicted molar refractivity (Wildman–Crippen MR) is 203 cm³/mol. The van der Waals surface area contributed by atoms with Gasteiger partial charge in [-0.05, 0) is 72.6 Å². The van der Waals surface area contributed by atoms with Gasteiger partial charge in [0.05, 0.1) is 30.4 Å². The molecule has 0 aromatic rings. The molecular weight excluding hydrogens is 688 g/mol. The van der Waals surface area contributed by atoms with E-state index in [4.69, 9.17) is 20.0 Å². The number of carbonyl (C=O) groups is 4. The second-order valence-corrected chi connectivity index (χ2v) is 19.0. The van der Waals surface area contributed by atoms with E-state index in [-0.39, 0.29) is 24.4 Å². The number of esters is 2. The van der Waals surface area contributed by atoms with Gasteiger partial charge in [0.1, 0.15) is 17.0 Å². The maximum absolute atomic E-state index is 12.6. The molecule has 0 heterocycles. The zero-order valence-electron chi connectivity index (χ0n) is 33.2. The van der Waals surface area contributed by atoms with E-state index in [2.05, 4.69) is 5.16 Å². The third kappa shape index (κ3) is 23.8. The van der Waals surface area contributed by atoms with Gasteiger partial charge in [-0.3, -0.25) is 14.4 Å². The summed E-state index contributed by atoms with van der Waals surface area (Å²) < 4.78 is 34.2. The maximum Gasteiger partial charge on any atom is 0.338 e. The second-order valence-electron chi connectivity index (χ2n) is 16.8. The summed E-state index contributed by atoms with van der Waals surface area (Å²) in [5, 5.41) is 12.8. The highest BCUT2D eigenvalue weighted by Crippen LogP contribution is 2.30. The lowest BCUT2D eigenvalue weighted by Gasteiger charge is -2.23. The summed E-state index contributed by atoms with van der Waals surface area (Å²) in [6.45, 7) is 12.4. The van der Waals surface area contributed by atoms with Gasteiger partial charge in [0.2, 0.25) is 0 Å². The van der Waals surface area contributed by atoms with E-state index in [0.29, 0.717) is 25.2 Å². The van der Waals surface area contributed by atoms with Crippen LogP contribution < -0.4 is 5.73 Å². The Bertz CT molecular complexity index is 1220. The molecular formula is C39H70N2O10S. The quantitative estimate of drug-likeness (QED) is 0.0428. The van der Waals surface area contributed by atoms with Gasteiger partial charge in [-0.1, -0.05) is 102 Å². The molecule has 0 unspecified atom stereocenters. The van der Waals surface area contributed by atoms with Crippen LogP contribution in [0.2, 0.25) is 0 Å². The Kier molecular flexibility index (Phi) is 21.7. The highest BCUT2D eigenvalue weighted by Gasteiger charge is 2.28. The van der Waals surface area contributed by atoms with E-state index < -0.39 is 62.5 Å². The third-order valence-corrected chi connectivity index (χ3v) is 11.0. The Balaban J connectivity index is 0.000000560. The lowest BCUT2D eigenvalue weighted by Crippen LogP contribution is -2.29. The predicted octanol–water partition coefficient (Wildman–Crippen LogP) is 7.89. The lowest BCUT2D eigenvalue weighted by atomic mass is 9.84. The first-order valence-electron chi connectivity index (χ1n) is 19.6. The lowest BCUT2D eigenvalue weighted by molar-refractivity contribution is -0.161. The fraction of sp³-hybridized carbons (Fsp3) is 0.872. The van der Waals surface area contributed by atoms with Crippen LogP contribution in [0, 0.1) is 23.7 Å². The Hall–Kier alpha value is -2.70. The monoisotopic (exact) mass is 758 g/mol. The number of aliphatic carboxylic acids is 1. The average molecular weight is 759 g/mol. The van der Waals surface area contributed by atoms with Gasteiger partial charge >= 0.3 is 23.9 Å². The van der Waals surface area contributed by atoms with Crippen molar-refractivity contribution in [3.63, 3.8) is 0 Å². The first kappa shape index (κ1) is 47.3. The van der Waals surface area contributed by atoms with Crippen LogP contribution in [-0.2, 0) is 43.3 Å². The van der Waals surface area contributed by atoms with E-state index >= 15 is 0 Å². The second kappa shape index (κ2) is 23.9. The van der Waals surface area contributed by atoms with Gasteiger partial charge < -0.3 is 25.2 Å². The fourth-order valence-corrected chi connectivity index (χ4v) is 8.12. The molecule has 302 valence electrons. The van der Waals surface area contributed by atoms with Crippen LogP contribution in [0.3, 0.4) is 0 Å². The SMILES string of the molecule is CC(C)(C)OC(=O)C[C@@H](CCCC1CCCCC1)C(=O)O.CCCS(=O)(=O)C/C(N)=N/OC(=O)[C@H](CCCC1CCCCC1)CC(=O)OC(C)(C)C. The number of carboxylic acids is 1. The molecule has 0 amide bonds. The zero-order chi connectivity index (χ0) is 39.4. The number of nitrogens with two attached hydrogens (primary N) is 1. The first-order valence-corrected chi connectivity index (χ1v) is 21.4. The van der Waals surface area contributed by atoms with E-state index in [1.54, 1.807) is 48.5 Å². The Morgan fingerprint density at radius 3 is 1.58 bits per heavy atom. The highest BCUT2D eigenvalue weighted by molar-refractivity contribution is 7.92. The Morgan fingerprint density at radius 2 is 1.17 bits per heavy atom. The molecule has 0 bridgehead atoms. The summed E-state index contributed by atoms with van der Waals surface area (Å²) in [6.07, 6.45) is 18.0. The van der Waals surface area contributed by atoms with Crippen molar-refractivity contribution in [1.29, 1.82) is 0 Å². The number of nitrogens with zero attached hydrogens (tertiary/aromatic N) is 1. The van der Waals surface area contributed by atoms with Crippen LogP contribution in [0.4, 0.5) is 0 Å². The van der Waals surface area contributed by atoms with Crippen molar-refractivity contribution in [1.82, 2.24) is 0 Å². The van der Waals surface area contributed by atoms with Gasteiger partial charge in [-0.15, -0.1) is 0 Å². The van der Waals surface area contributed by atoms with Gasteiger partial charge in [0, 0.05) is 0 Å². The number of sulfone groups is 1. The van der Waals surface area contributed by atoms with Crippen molar-refractivity contribution in [2.24, 2.45) is 34.6 Å². The molecule has 0 saturated heterocycles. The van der Waals surface area contributed by atoms with Gasteiger partial charge in [0.25, 0.3) is 0 Å². The van der Waals surface area contributed by atoms with Crippen molar-refractivity contribution in [2.45, 2.75) is 182 Å². The standard InChI is InChI=1S/C22H40N2O6S.C17H30O4/c1-5-14-31(27,28)16-19(23)24-30-21(26)18(15-20(25)29-22(2,3)4)13-9-12-17-10-7-6-8-11-17;1-17(2,3)21-15(18)12-14(16(19)20)11-7-10-13-8-5-4-6-9-13/h17-18H,5-16H2,1-4H3,(H2,23,24);13-14H,4-12H2,1-3H3,(H,19,20)/t18-;14-/m11/s1. The van der Waals surface area contributed by atoms with Crippen LogP contribution >= 0.6 is 0 Å². The van der Waals surface area contributed by atoms with Crippen LogP contribution in [0.1, 0.15) is 170 Å². The Morgan fingerprint density at radius 1 is 0.750 bits per heavy atom. The molecule has 0 radical (unpaired) electrons. The molecule has 0 aliphatic heterocycles. The highest BCUT2D eigenvalue weighted by atomic mass is 32.2. The summed E-state index contributed by atoms with van der Waals surface area (Å²) in [4.78, 5) is 52.8. The smallest absolute Gasteiger partial charge is 0.338 e. The molecule has 2 saturated carbocycles. The summed E-state index contributed by atoms with van der Waals surface area (Å²) in [7, 11) is -3.39. The number of oxime groups is 1. The van der Waals surface area contributed by atoms with Crippen LogP contribution in [0.5, 0.6) is 0 Å². The number of ether oxygens (including phenoxy) is 2. The fourth-order valence-electron chi connectivity index (χ4n) is 6.86. The van der Waals surface area contributed by atoms with E-state index in [1.165, 1.54) is 64.2 Å². The van der Waals surface area contributed by atoms with Crippen molar-refractivity contribution in [3.05, 3.63) is 0 Å². The molecule has 52 heavy (non-hydrogen) atoms. The third-order valence-electron chi connectivity index (χ3n) is 9.26. The number of carboxylic acid groups (broad SMARTS) is 1. The molecule has 0 aromatic heterocycles. The number of amidine groups is 1. The van der Waals surface area contributed by atoms with Crippen LogP contribution in [0.25, 0.3) is 0 Å². The van der Waals surface area contributed by atoms with Gasteiger partial charge in [0.15, 0.2) is 15.7 Å². The summed E-state index contributed by atoms with van der Waals surface area (Å²) in [5.74, 6) is -3.10. The largest absolute Gasteiger partial charge is 0.481 e. The molecule has 2 aliphatic rings. The molecule has 2 aliphatic carbocycles. The molecule has 13 heteroatoms. The summed E-state index contributed by atoms with van der Waals surface area (Å²) in [5.41, 5.74) is 4.42. The topological polar surface area (TPSA) is 189 Å². The Labute approximate surface area is 313 Å². The molecule has 2 fully saturated rings. The maximum atomic E-state index is 12.6. The molecule has 2 rings (SSSR count).